The Hall–Kier alpha value is -1.49. The van der Waals surface area contributed by atoms with Crippen LogP contribution >= 0.6 is 0 Å². The lowest BCUT2D eigenvalue weighted by molar-refractivity contribution is 0.585. The van der Waals surface area contributed by atoms with Gasteiger partial charge >= 0.3 is 0 Å². The summed E-state index contributed by atoms with van der Waals surface area (Å²) in [6.45, 7) is 12.6. The van der Waals surface area contributed by atoms with Crippen molar-refractivity contribution in [3.63, 3.8) is 0 Å². The number of nitrogens with zero attached hydrogens (tertiary/aromatic N) is 2. The number of aryl methyl sites for hydroxylation is 1. The lowest BCUT2D eigenvalue weighted by atomic mass is 9.86. The van der Waals surface area contributed by atoms with Crippen LogP contribution in [0.1, 0.15) is 45.7 Å². The Bertz CT molecular complexity index is 473. The highest BCUT2D eigenvalue weighted by Gasteiger charge is 2.25. The van der Waals surface area contributed by atoms with Crippen molar-refractivity contribution in [2.75, 3.05) is 11.9 Å². The van der Waals surface area contributed by atoms with Gasteiger partial charge in [-0.05, 0) is 43.4 Å². The average molecular weight is 244 g/mol. The second-order valence-corrected chi connectivity index (χ2v) is 6.48. The molecule has 18 heavy (non-hydrogen) atoms. The fourth-order valence-corrected chi connectivity index (χ4v) is 1.81. The third kappa shape index (κ3) is 2.85. The molecular formula is C16H24N2. The van der Waals surface area contributed by atoms with Crippen molar-refractivity contribution in [3.05, 3.63) is 29.3 Å². The standard InChI is InChI=1S/C16H24N2/c1-12-8-9-13(15(2,3)4)10-14(12)18(7)16(5,6)11-17/h8-10H,1-7H3. The zero-order chi connectivity index (χ0) is 14.1. The minimum absolute atomic E-state index is 0.125. The van der Waals surface area contributed by atoms with E-state index >= 15 is 0 Å². The summed E-state index contributed by atoms with van der Waals surface area (Å²) in [7, 11) is 1.98. The molecule has 98 valence electrons. The highest BCUT2D eigenvalue weighted by molar-refractivity contribution is 5.58. The van der Waals surface area contributed by atoms with E-state index in [9.17, 15) is 5.26 Å². The van der Waals surface area contributed by atoms with Crippen molar-refractivity contribution in [2.45, 2.75) is 52.5 Å². The van der Waals surface area contributed by atoms with Gasteiger partial charge in [0.1, 0.15) is 5.54 Å². The van der Waals surface area contributed by atoms with Crippen LogP contribution in [0.4, 0.5) is 5.69 Å². The molecule has 1 aromatic carbocycles. The molecule has 0 aliphatic carbocycles. The van der Waals surface area contributed by atoms with E-state index < -0.39 is 5.54 Å². The van der Waals surface area contributed by atoms with Crippen molar-refractivity contribution in [2.24, 2.45) is 0 Å². The van der Waals surface area contributed by atoms with Crippen molar-refractivity contribution in [3.8, 4) is 6.07 Å². The largest absolute Gasteiger partial charge is 0.357 e. The van der Waals surface area contributed by atoms with Gasteiger partial charge in [0.15, 0.2) is 0 Å². The predicted molar refractivity (Wildman–Crippen MR) is 78.0 cm³/mol. The molecule has 0 radical (unpaired) electrons. The van der Waals surface area contributed by atoms with E-state index in [1.165, 1.54) is 11.1 Å². The molecule has 0 saturated carbocycles. The number of hydrogen-bond donors (Lipinski definition) is 0. The molecule has 1 aromatic rings. The van der Waals surface area contributed by atoms with E-state index in [4.69, 9.17) is 0 Å². The zero-order valence-electron chi connectivity index (χ0n) is 12.6. The number of hydrogen-bond acceptors (Lipinski definition) is 2. The first-order chi connectivity index (χ1) is 8.09. The van der Waals surface area contributed by atoms with E-state index in [2.05, 4.69) is 56.9 Å². The van der Waals surface area contributed by atoms with Crippen molar-refractivity contribution in [1.82, 2.24) is 0 Å². The molecular weight excluding hydrogens is 220 g/mol. The van der Waals surface area contributed by atoms with Crippen LogP contribution in [0.2, 0.25) is 0 Å². The minimum atomic E-state index is -0.499. The number of rotatable bonds is 2. The maximum atomic E-state index is 9.25. The predicted octanol–water partition coefficient (Wildman–Crippen LogP) is 4.03. The fraction of sp³-hybridized carbons (Fsp3) is 0.562. The number of anilines is 1. The Morgan fingerprint density at radius 3 is 2.11 bits per heavy atom. The third-order valence-corrected chi connectivity index (χ3v) is 3.55. The van der Waals surface area contributed by atoms with Crippen LogP contribution in [0.5, 0.6) is 0 Å². The molecule has 0 bridgehead atoms. The molecule has 0 spiro atoms. The van der Waals surface area contributed by atoms with Gasteiger partial charge in [-0.15, -0.1) is 0 Å². The first-order valence-electron chi connectivity index (χ1n) is 6.36. The first kappa shape index (κ1) is 14.6. The molecule has 0 heterocycles. The Morgan fingerprint density at radius 1 is 1.11 bits per heavy atom. The summed E-state index contributed by atoms with van der Waals surface area (Å²) in [4.78, 5) is 2.05. The van der Waals surface area contributed by atoms with E-state index in [0.717, 1.165) is 5.69 Å². The van der Waals surface area contributed by atoms with E-state index in [1.54, 1.807) is 0 Å². The topological polar surface area (TPSA) is 27.0 Å². The molecule has 0 aliphatic rings. The van der Waals surface area contributed by atoms with Gasteiger partial charge < -0.3 is 4.90 Å². The molecule has 0 fully saturated rings. The van der Waals surface area contributed by atoms with Gasteiger partial charge in [0, 0.05) is 12.7 Å². The van der Waals surface area contributed by atoms with E-state index in [1.807, 2.05) is 20.9 Å². The lowest BCUT2D eigenvalue weighted by Gasteiger charge is -2.33. The van der Waals surface area contributed by atoms with Crippen molar-refractivity contribution >= 4 is 5.69 Å². The Morgan fingerprint density at radius 2 is 1.67 bits per heavy atom. The maximum Gasteiger partial charge on any atom is 0.121 e. The summed E-state index contributed by atoms with van der Waals surface area (Å²) in [6, 6.07) is 8.87. The van der Waals surface area contributed by atoms with Crippen LogP contribution in [-0.4, -0.2) is 12.6 Å². The SMILES string of the molecule is Cc1ccc(C(C)(C)C)cc1N(C)C(C)(C)C#N. The van der Waals surface area contributed by atoms with Crippen LogP contribution < -0.4 is 4.90 Å². The van der Waals surface area contributed by atoms with Gasteiger partial charge in [-0.25, -0.2) is 0 Å². The van der Waals surface area contributed by atoms with Crippen LogP contribution in [0.15, 0.2) is 18.2 Å². The Balaban J connectivity index is 3.30. The minimum Gasteiger partial charge on any atom is -0.357 e. The van der Waals surface area contributed by atoms with Crippen LogP contribution in [0, 0.1) is 18.3 Å². The highest BCUT2D eigenvalue weighted by Crippen LogP contribution is 2.31. The first-order valence-corrected chi connectivity index (χ1v) is 6.36. The molecule has 2 heteroatoms. The molecule has 0 amide bonds. The number of nitriles is 1. The molecule has 2 nitrogen and oxygen atoms in total. The average Bonchev–Trinajstić information content (AvgIpc) is 2.27. The molecule has 0 unspecified atom stereocenters. The molecule has 0 N–H and O–H groups in total. The van der Waals surface area contributed by atoms with E-state index in [0.29, 0.717) is 0 Å². The third-order valence-electron chi connectivity index (χ3n) is 3.55. The maximum absolute atomic E-state index is 9.25. The van der Waals surface area contributed by atoms with Crippen LogP contribution in [0.3, 0.4) is 0 Å². The molecule has 1 rings (SSSR count). The normalized spacial score (nSPS) is 12.1. The summed E-state index contributed by atoms with van der Waals surface area (Å²) in [5, 5.41) is 9.25. The lowest BCUT2D eigenvalue weighted by Crippen LogP contribution is -2.40. The van der Waals surface area contributed by atoms with Gasteiger partial charge in [-0.2, -0.15) is 5.26 Å². The second kappa shape index (κ2) is 4.65. The Kier molecular flexibility index (Phi) is 3.76. The molecule has 0 aromatic heterocycles. The van der Waals surface area contributed by atoms with Gasteiger partial charge in [-0.3, -0.25) is 0 Å². The van der Waals surface area contributed by atoms with Crippen LogP contribution in [0.25, 0.3) is 0 Å². The van der Waals surface area contributed by atoms with Crippen molar-refractivity contribution < 1.29 is 0 Å². The summed E-state index contributed by atoms with van der Waals surface area (Å²) in [5.41, 5.74) is 3.26. The van der Waals surface area contributed by atoms with Gasteiger partial charge in [-0.1, -0.05) is 32.9 Å². The van der Waals surface area contributed by atoms with Crippen molar-refractivity contribution in [1.29, 1.82) is 5.26 Å². The Labute approximate surface area is 111 Å². The summed E-state index contributed by atoms with van der Waals surface area (Å²) < 4.78 is 0. The summed E-state index contributed by atoms with van der Waals surface area (Å²) in [5.74, 6) is 0. The van der Waals surface area contributed by atoms with Gasteiger partial charge in [0.2, 0.25) is 0 Å². The monoisotopic (exact) mass is 244 g/mol. The quantitative estimate of drug-likeness (QED) is 0.785. The molecule has 0 saturated heterocycles. The second-order valence-electron chi connectivity index (χ2n) is 6.48. The number of benzene rings is 1. The summed E-state index contributed by atoms with van der Waals surface area (Å²) >= 11 is 0. The fourth-order valence-electron chi connectivity index (χ4n) is 1.81. The van der Waals surface area contributed by atoms with E-state index in [-0.39, 0.29) is 5.41 Å². The highest BCUT2D eigenvalue weighted by atomic mass is 15.2. The molecule has 0 aliphatic heterocycles. The van der Waals surface area contributed by atoms with Gasteiger partial charge in [0.05, 0.1) is 6.07 Å². The molecule has 0 atom stereocenters. The summed E-state index contributed by atoms with van der Waals surface area (Å²) in [6.07, 6.45) is 0. The van der Waals surface area contributed by atoms with Crippen LogP contribution in [-0.2, 0) is 5.41 Å². The zero-order valence-corrected chi connectivity index (χ0v) is 12.6. The smallest absolute Gasteiger partial charge is 0.121 e. The van der Waals surface area contributed by atoms with Gasteiger partial charge in [0.25, 0.3) is 0 Å².